The van der Waals surface area contributed by atoms with Gasteiger partial charge in [0.15, 0.2) is 0 Å². The normalized spacial score (nSPS) is 10.9. The summed E-state index contributed by atoms with van der Waals surface area (Å²) in [7, 11) is 0. The fourth-order valence-electron chi connectivity index (χ4n) is 2.14. The topological polar surface area (TPSA) is 55.4 Å². The molecule has 0 saturated heterocycles. The summed E-state index contributed by atoms with van der Waals surface area (Å²) in [6, 6.07) is 10.9. The van der Waals surface area contributed by atoms with Crippen LogP contribution in [0.25, 0.3) is 10.9 Å². The maximum atomic E-state index is 11.2. The van der Waals surface area contributed by atoms with E-state index in [0.29, 0.717) is 12.1 Å². The fourth-order valence-corrected chi connectivity index (χ4v) is 2.14. The summed E-state index contributed by atoms with van der Waals surface area (Å²) in [6.45, 7) is 0.529. The number of carboxylic acid groups (broad SMARTS) is 1. The van der Waals surface area contributed by atoms with Crippen molar-refractivity contribution in [2.24, 2.45) is 0 Å². The lowest BCUT2D eigenvalue weighted by atomic mass is 10.1. The van der Waals surface area contributed by atoms with Gasteiger partial charge in [0.2, 0.25) is 0 Å². The number of furan rings is 1. The molecular formula is C14H11NO3. The number of carboxylic acids is 1. The van der Waals surface area contributed by atoms with Crippen LogP contribution in [-0.4, -0.2) is 15.6 Å². The number of benzene rings is 1. The summed E-state index contributed by atoms with van der Waals surface area (Å²) in [4.78, 5) is 11.2. The Bertz CT molecular complexity index is 695. The Kier molecular flexibility index (Phi) is 2.41. The minimum absolute atomic E-state index is 0.309. The third kappa shape index (κ3) is 1.68. The molecule has 0 aliphatic heterocycles. The van der Waals surface area contributed by atoms with Crippen LogP contribution < -0.4 is 0 Å². The first-order chi connectivity index (χ1) is 8.75. The number of fused-ring (bicyclic) bond motifs is 1. The van der Waals surface area contributed by atoms with Gasteiger partial charge in [0.05, 0.1) is 23.9 Å². The average molecular weight is 241 g/mol. The average Bonchev–Trinajstić information content (AvgIpc) is 2.99. The van der Waals surface area contributed by atoms with E-state index in [1.807, 2.05) is 35.0 Å². The number of hydrogen-bond acceptors (Lipinski definition) is 2. The van der Waals surface area contributed by atoms with Gasteiger partial charge in [-0.25, -0.2) is 4.79 Å². The largest absolute Gasteiger partial charge is 0.478 e. The van der Waals surface area contributed by atoms with Crippen molar-refractivity contribution < 1.29 is 14.3 Å². The maximum Gasteiger partial charge on any atom is 0.337 e. The predicted octanol–water partition coefficient (Wildman–Crippen LogP) is 2.98. The maximum absolute atomic E-state index is 11.2. The highest BCUT2D eigenvalue weighted by Crippen LogP contribution is 2.21. The van der Waals surface area contributed by atoms with Crippen molar-refractivity contribution in [1.82, 2.24) is 4.57 Å². The summed E-state index contributed by atoms with van der Waals surface area (Å²) in [5.74, 6) is -0.118. The highest BCUT2D eigenvalue weighted by atomic mass is 16.4. The SMILES string of the molecule is O=C(O)c1cccc2ccn(Cc3ccco3)c12. The standard InChI is InChI=1S/C14H11NO3/c16-14(17)12-5-1-3-10-6-7-15(13(10)12)9-11-4-2-8-18-11/h1-8H,9H2,(H,16,17). The number of nitrogens with zero attached hydrogens (tertiary/aromatic N) is 1. The molecule has 18 heavy (non-hydrogen) atoms. The Morgan fingerprint density at radius 1 is 1.22 bits per heavy atom. The smallest absolute Gasteiger partial charge is 0.337 e. The number of carbonyl (C=O) groups is 1. The summed E-state index contributed by atoms with van der Waals surface area (Å²) < 4.78 is 7.17. The van der Waals surface area contributed by atoms with E-state index in [2.05, 4.69) is 0 Å². The molecule has 0 aliphatic rings. The van der Waals surface area contributed by atoms with Crippen molar-refractivity contribution in [2.75, 3.05) is 0 Å². The molecule has 0 aliphatic carbocycles. The number of hydrogen-bond donors (Lipinski definition) is 1. The van der Waals surface area contributed by atoms with E-state index >= 15 is 0 Å². The first kappa shape index (κ1) is 10.7. The minimum Gasteiger partial charge on any atom is -0.478 e. The zero-order valence-electron chi connectivity index (χ0n) is 9.54. The molecule has 0 spiro atoms. The summed E-state index contributed by atoms with van der Waals surface area (Å²) in [6.07, 6.45) is 3.48. The van der Waals surface area contributed by atoms with Gasteiger partial charge in [0.1, 0.15) is 5.76 Å². The van der Waals surface area contributed by atoms with Gasteiger partial charge in [0, 0.05) is 11.6 Å². The summed E-state index contributed by atoms with van der Waals surface area (Å²) in [5.41, 5.74) is 1.03. The van der Waals surface area contributed by atoms with Crippen molar-refractivity contribution in [2.45, 2.75) is 6.54 Å². The Morgan fingerprint density at radius 3 is 2.83 bits per heavy atom. The number of aromatic carboxylic acids is 1. The van der Waals surface area contributed by atoms with Crippen LogP contribution in [0, 0.1) is 0 Å². The molecule has 90 valence electrons. The first-order valence-corrected chi connectivity index (χ1v) is 5.59. The molecule has 0 saturated carbocycles. The molecule has 4 nitrogen and oxygen atoms in total. The van der Waals surface area contributed by atoms with Gasteiger partial charge in [-0.2, -0.15) is 0 Å². The summed E-state index contributed by atoms with van der Waals surface area (Å²) >= 11 is 0. The van der Waals surface area contributed by atoms with Gasteiger partial charge in [-0.15, -0.1) is 0 Å². The van der Waals surface area contributed by atoms with E-state index < -0.39 is 5.97 Å². The zero-order valence-corrected chi connectivity index (χ0v) is 9.54. The number of aromatic nitrogens is 1. The second-order valence-corrected chi connectivity index (χ2v) is 4.07. The quantitative estimate of drug-likeness (QED) is 0.766. The molecule has 0 fully saturated rings. The molecule has 0 unspecified atom stereocenters. The van der Waals surface area contributed by atoms with Gasteiger partial charge >= 0.3 is 5.97 Å². The van der Waals surface area contributed by atoms with E-state index in [0.717, 1.165) is 16.7 Å². The van der Waals surface area contributed by atoms with E-state index in [1.165, 1.54) is 0 Å². The van der Waals surface area contributed by atoms with Gasteiger partial charge in [-0.3, -0.25) is 0 Å². The van der Waals surface area contributed by atoms with Crippen molar-refractivity contribution in [3.05, 3.63) is 60.2 Å². The van der Waals surface area contributed by atoms with E-state index in [9.17, 15) is 9.90 Å². The van der Waals surface area contributed by atoms with Gasteiger partial charge < -0.3 is 14.1 Å². The molecular weight excluding hydrogens is 230 g/mol. The molecule has 4 heteroatoms. The minimum atomic E-state index is -0.917. The third-order valence-corrected chi connectivity index (χ3v) is 2.93. The second kappa shape index (κ2) is 4.07. The van der Waals surface area contributed by atoms with Crippen molar-refractivity contribution in [3.8, 4) is 0 Å². The van der Waals surface area contributed by atoms with Crippen LogP contribution in [0.4, 0.5) is 0 Å². The Hall–Kier alpha value is -2.49. The molecule has 0 radical (unpaired) electrons. The number of rotatable bonds is 3. The lowest BCUT2D eigenvalue weighted by Crippen LogP contribution is -2.03. The number of para-hydroxylation sites is 1. The third-order valence-electron chi connectivity index (χ3n) is 2.93. The summed E-state index contributed by atoms with van der Waals surface area (Å²) in [5, 5.41) is 10.1. The van der Waals surface area contributed by atoms with Crippen LogP contribution >= 0.6 is 0 Å². The van der Waals surface area contributed by atoms with Crippen LogP contribution in [0.15, 0.2) is 53.3 Å². The zero-order chi connectivity index (χ0) is 12.5. The van der Waals surface area contributed by atoms with Crippen LogP contribution in [0.3, 0.4) is 0 Å². The van der Waals surface area contributed by atoms with Gasteiger partial charge in [0.25, 0.3) is 0 Å². The van der Waals surface area contributed by atoms with E-state index in [4.69, 9.17) is 4.42 Å². The van der Waals surface area contributed by atoms with Gasteiger partial charge in [-0.1, -0.05) is 12.1 Å². The van der Waals surface area contributed by atoms with Crippen LogP contribution in [0.2, 0.25) is 0 Å². The Morgan fingerprint density at radius 2 is 2.11 bits per heavy atom. The molecule has 2 aromatic heterocycles. The Labute approximate surface area is 103 Å². The fraction of sp³-hybridized carbons (Fsp3) is 0.0714. The first-order valence-electron chi connectivity index (χ1n) is 5.59. The van der Waals surface area contributed by atoms with E-state index in [-0.39, 0.29) is 0 Å². The molecule has 3 aromatic rings. The van der Waals surface area contributed by atoms with Crippen LogP contribution in [0.1, 0.15) is 16.1 Å². The molecule has 1 aromatic carbocycles. The molecule has 3 rings (SSSR count). The highest BCUT2D eigenvalue weighted by Gasteiger charge is 2.12. The lowest BCUT2D eigenvalue weighted by molar-refractivity contribution is 0.0698. The van der Waals surface area contributed by atoms with Crippen LogP contribution in [0.5, 0.6) is 0 Å². The van der Waals surface area contributed by atoms with Crippen molar-refractivity contribution in [1.29, 1.82) is 0 Å². The lowest BCUT2D eigenvalue weighted by Gasteiger charge is -2.05. The molecule has 0 bridgehead atoms. The van der Waals surface area contributed by atoms with E-state index in [1.54, 1.807) is 18.4 Å². The van der Waals surface area contributed by atoms with Crippen molar-refractivity contribution in [3.63, 3.8) is 0 Å². The highest BCUT2D eigenvalue weighted by molar-refractivity contribution is 6.02. The molecule has 0 amide bonds. The predicted molar refractivity (Wildman–Crippen MR) is 66.7 cm³/mol. The molecule has 2 heterocycles. The molecule has 1 N–H and O–H groups in total. The van der Waals surface area contributed by atoms with Gasteiger partial charge in [-0.05, 0) is 24.3 Å². The molecule has 0 atom stereocenters. The Balaban J connectivity index is 2.15. The second-order valence-electron chi connectivity index (χ2n) is 4.07. The van der Waals surface area contributed by atoms with Crippen molar-refractivity contribution >= 4 is 16.9 Å². The van der Waals surface area contributed by atoms with Crippen LogP contribution in [-0.2, 0) is 6.54 Å². The monoisotopic (exact) mass is 241 g/mol.